The molecule has 0 fully saturated rings. The molecule has 0 saturated heterocycles. The highest BCUT2D eigenvalue weighted by Crippen LogP contribution is 2.19. The molecular weight excluding hydrogens is 260 g/mol. The highest BCUT2D eigenvalue weighted by molar-refractivity contribution is 5.50. The first-order valence-electron chi connectivity index (χ1n) is 6.08. The Bertz CT molecular complexity index is 794. The zero-order valence-electron chi connectivity index (χ0n) is 11.0. The fourth-order valence-corrected chi connectivity index (χ4v) is 2.04. The predicted molar refractivity (Wildman–Crippen MR) is 74.6 cm³/mol. The Morgan fingerprint density at radius 2 is 1.05 bits per heavy atom. The first kappa shape index (κ1) is 13.8. The molecule has 0 unspecified atom stereocenters. The molecule has 0 N–H and O–H groups in total. The Morgan fingerprint density at radius 3 is 1.38 bits per heavy atom. The van der Waals surface area contributed by atoms with Gasteiger partial charge in [0.05, 0.1) is 46.5 Å². The molecule has 0 heterocycles. The number of benzene rings is 2. The van der Waals surface area contributed by atoms with Crippen molar-refractivity contribution < 1.29 is 0 Å². The van der Waals surface area contributed by atoms with Gasteiger partial charge in [0.25, 0.3) is 0 Å². The normalized spacial score (nSPS) is 8.95. The Morgan fingerprint density at radius 1 is 0.619 bits per heavy atom. The molecule has 96 valence electrons. The molecule has 0 aromatic heterocycles. The van der Waals surface area contributed by atoms with Crippen LogP contribution in [0.15, 0.2) is 36.4 Å². The van der Waals surface area contributed by atoms with E-state index in [4.69, 9.17) is 21.0 Å². The van der Waals surface area contributed by atoms with Crippen molar-refractivity contribution in [1.82, 2.24) is 0 Å². The number of nitriles is 4. The molecular formula is C17H8N4. The fourth-order valence-electron chi connectivity index (χ4n) is 2.04. The number of hydrogen-bond acceptors (Lipinski definition) is 4. The summed E-state index contributed by atoms with van der Waals surface area (Å²) in [7, 11) is 0. The monoisotopic (exact) mass is 268 g/mol. The van der Waals surface area contributed by atoms with Gasteiger partial charge in [0.2, 0.25) is 0 Å². The van der Waals surface area contributed by atoms with Gasteiger partial charge in [0.15, 0.2) is 0 Å². The Balaban J connectivity index is 2.53. The largest absolute Gasteiger partial charge is 0.192 e. The SMILES string of the molecule is N#Cc1ccc(C#N)c(Cc2cc(C#N)ccc2C#N)c1. The molecule has 2 rings (SSSR count). The van der Waals surface area contributed by atoms with Crippen LogP contribution < -0.4 is 0 Å². The van der Waals surface area contributed by atoms with Crippen molar-refractivity contribution >= 4 is 0 Å². The third-order valence-corrected chi connectivity index (χ3v) is 3.09. The topological polar surface area (TPSA) is 95.2 Å². The van der Waals surface area contributed by atoms with Crippen molar-refractivity contribution in [2.75, 3.05) is 0 Å². The van der Waals surface area contributed by atoms with Gasteiger partial charge in [0.1, 0.15) is 0 Å². The molecule has 2 aromatic rings. The minimum Gasteiger partial charge on any atom is -0.192 e. The van der Waals surface area contributed by atoms with Crippen molar-refractivity contribution in [3.05, 3.63) is 69.8 Å². The molecule has 4 heteroatoms. The third kappa shape index (κ3) is 2.87. The van der Waals surface area contributed by atoms with E-state index in [2.05, 4.69) is 12.1 Å². The number of nitrogens with zero attached hydrogens (tertiary/aromatic N) is 4. The van der Waals surface area contributed by atoms with Crippen LogP contribution in [0.5, 0.6) is 0 Å². The zero-order chi connectivity index (χ0) is 15.2. The smallest absolute Gasteiger partial charge is 0.0994 e. The van der Waals surface area contributed by atoms with E-state index in [1.54, 1.807) is 36.4 Å². The minimum atomic E-state index is 0.330. The van der Waals surface area contributed by atoms with E-state index in [-0.39, 0.29) is 0 Å². The summed E-state index contributed by atoms with van der Waals surface area (Å²) in [6.07, 6.45) is 0.330. The maximum absolute atomic E-state index is 9.14. The fraction of sp³-hybridized carbons (Fsp3) is 0.0588. The van der Waals surface area contributed by atoms with Crippen LogP contribution in [0, 0.1) is 45.3 Å². The van der Waals surface area contributed by atoms with Crippen molar-refractivity contribution in [2.45, 2.75) is 6.42 Å². The Labute approximate surface area is 122 Å². The lowest BCUT2D eigenvalue weighted by Crippen LogP contribution is -1.97. The summed E-state index contributed by atoms with van der Waals surface area (Å²) in [5.74, 6) is 0. The van der Waals surface area contributed by atoms with E-state index in [1.807, 2.05) is 12.1 Å². The molecule has 0 saturated carbocycles. The van der Waals surface area contributed by atoms with Crippen LogP contribution in [0.3, 0.4) is 0 Å². The second-order valence-electron chi connectivity index (χ2n) is 4.37. The zero-order valence-corrected chi connectivity index (χ0v) is 11.0. The van der Waals surface area contributed by atoms with Crippen molar-refractivity contribution in [2.24, 2.45) is 0 Å². The van der Waals surface area contributed by atoms with Crippen LogP contribution in [-0.2, 0) is 6.42 Å². The molecule has 0 amide bonds. The summed E-state index contributed by atoms with van der Waals surface area (Å²) < 4.78 is 0. The molecule has 0 aliphatic heterocycles. The standard InChI is InChI=1S/C17H8N4/c18-8-12-1-3-14(10-20)16(5-12)7-17-6-13(9-19)2-4-15(17)11-21/h1-6H,7H2. The Hall–Kier alpha value is -3.60. The molecule has 4 nitrogen and oxygen atoms in total. The lowest BCUT2D eigenvalue weighted by Gasteiger charge is -2.07. The average Bonchev–Trinajstić information content (AvgIpc) is 2.54. The van der Waals surface area contributed by atoms with Gasteiger partial charge in [-0.25, -0.2) is 0 Å². The van der Waals surface area contributed by atoms with Crippen LogP contribution in [-0.4, -0.2) is 0 Å². The maximum atomic E-state index is 9.14. The summed E-state index contributed by atoms with van der Waals surface area (Å²) >= 11 is 0. The minimum absolute atomic E-state index is 0.330. The van der Waals surface area contributed by atoms with Crippen LogP contribution in [0.4, 0.5) is 0 Å². The summed E-state index contributed by atoms with van der Waals surface area (Å²) in [6.45, 7) is 0. The second-order valence-corrected chi connectivity index (χ2v) is 4.37. The molecule has 0 atom stereocenters. The highest BCUT2D eigenvalue weighted by Gasteiger charge is 2.09. The number of rotatable bonds is 2. The van der Waals surface area contributed by atoms with Gasteiger partial charge in [-0.1, -0.05) is 0 Å². The lowest BCUT2D eigenvalue weighted by molar-refractivity contribution is 1.16. The molecule has 0 spiro atoms. The van der Waals surface area contributed by atoms with Gasteiger partial charge >= 0.3 is 0 Å². The second kappa shape index (κ2) is 6.03. The van der Waals surface area contributed by atoms with Crippen LogP contribution in [0.25, 0.3) is 0 Å². The molecule has 2 aromatic carbocycles. The van der Waals surface area contributed by atoms with Crippen molar-refractivity contribution in [3.63, 3.8) is 0 Å². The number of hydrogen-bond donors (Lipinski definition) is 0. The van der Waals surface area contributed by atoms with Crippen LogP contribution in [0.2, 0.25) is 0 Å². The van der Waals surface area contributed by atoms with Crippen LogP contribution >= 0.6 is 0 Å². The van der Waals surface area contributed by atoms with Gasteiger partial charge in [-0.2, -0.15) is 21.0 Å². The van der Waals surface area contributed by atoms with Crippen molar-refractivity contribution in [3.8, 4) is 24.3 Å². The third-order valence-electron chi connectivity index (χ3n) is 3.09. The van der Waals surface area contributed by atoms with Gasteiger partial charge in [-0.15, -0.1) is 0 Å². The molecule has 0 bridgehead atoms. The van der Waals surface area contributed by atoms with Gasteiger partial charge in [0, 0.05) is 6.42 Å². The molecule has 0 aliphatic rings. The quantitative estimate of drug-likeness (QED) is 0.836. The Kier molecular flexibility index (Phi) is 3.97. The molecule has 21 heavy (non-hydrogen) atoms. The summed E-state index contributed by atoms with van der Waals surface area (Å²) in [5.41, 5.74) is 3.17. The van der Waals surface area contributed by atoms with E-state index in [9.17, 15) is 0 Å². The van der Waals surface area contributed by atoms with Gasteiger partial charge in [-0.05, 0) is 47.5 Å². The van der Waals surface area contributed by atoms with Crippen molar-refractivity contribution in [1.29, 1.82) is 21.0 Å². The first-order chi connectivity index (χ1) is 10.2. The first-order valence-corrected chi connectivity index (χ1v) is 6.08. The molecule has 0 radical (unpaired) electrons. The lowest BCUT2D eigenvalue weighted by atomic mass is 9.94. The maximum Gasteiger partial charge on any atom is 0.0994 e. The van der Waals surface area contributed by atoms with Crippen LogP contribution in [0.1, 0.15) is 33.4 Å². The van der Waals surface area contributed by atoms with E-state index in [0.29, 0.717) is 39.8 Å². The highest BCUT2D eigenvalue weighted by atomic mass is 14.3. The van der Waals surface area contributed by atoms with Gasteiger partial charge in [-0.3, -0.25) is 0 Å². The van der Waals surface area contributed by atoms with E-state index in [1.165, 1.54) is 0 Å². The van der Waals surface area contributed by atoms with Gasteiger partial charge < -0.3 is 0 Å². The summed E-state index contributed by atoms with van der Waals surface area (Å²) in [4.78, 5) is 0. The van der Waals surface area contributed by atoms with E-state index in [0.717, 1.165) is 0 Å². The summed E-state index contributed by atoms with van der Waals surface area (Å²) in [6, 6.07) is 17.8. The summed E-state index contributed by atoms with van der Waals surface area (Å²) in [5, 5.41) is 36.2. The predicted octanol–water partition coefficient (Wildman–Crippen LogP) is 2.76. The average molecular weight is 268 g/mol. The molecule has 0 aliphatic carbocycles. The van der Waals surface area contributed by atoms with E-state index >= 15 is 0 Å². The van der Waals surface area contributed by atoms with E-state index < -0.39 is 0 Å².